The summed E-state index contributed by atoms with van der Waals surface area (Å²) in [5, 5.41) is 7.11. The molecule has 22 heavy (non-hydrogen) atoms. The molecule has 2 heterocycles. The molecular weight excluding hydrogens is 296 g/mol. The predicted molar refractivity (Wildman–Crippen MR) is 89.1 cm³/mol. The summed E-state index contributed by atoms with van der Waals surface area (Å²) < 4.78 is 5.99. The highest BCUT2D eigenvalue weighted by Crippen LogP contribution is 2.40. The summed E-state index contributed by atoms with van der Waals surface area (Å²) >= 11 is 1.60. The molecule has 2 aromatic rings. The standard InChI is InChI=1S/C17H20N2O2S/c1-17(2)9-14(13-8-12(18)3-4-15(13)21-17)19-16(20)7-11-5-6-22-10-11/h3-6,8,10,14H,7,9,18H2,1-2H3,(H,19,20). The number of thiophene rings is 1. The number of nitrogens with one attached hydrogen (secondary N) is 1. The van der Waals surface area contributed by atoms with E-state index in [1.807, 2.05) is 48.9 Å². The van der Waals surface area contributed by atoms with Crippen LogP contribution < -0.4 is 15.8 Å². The molecule has 3 rings (SSSR count). The van der Waals surface area contributed by atoms with Gasteiger partial charge < -0.3 is 15.8 Å². The van der Waals surface area contributed by atoms with Crippen LogP contribution in [0, 0.1) is 0 Å². The molecule has 1 atom stereocenters. The maximum absolute atomic E-state index is 12.3. The lowest BCUT2D eigenvalue weighted by Gasteiger charge is -2.38. The first-order valence-electron chi connectivity index (χ1n) is 7.32. The van der Waals surface area contributed by atoms with Gasteiger partial charge in [-0.2, -0.15) is 11.3 Å². The maximum Gasteiger partial charge on any atom is 0.224 e. The Hall–Kier alpha value is -2.01. The van der Waals surface area contributed by atoms with E-state index >= 15 is 0 Å². The summed E-state index contributed by atoms with van der Waals surface area (Å²) in [6, 6.07) is 7.49. The van der Waals surface area contributed by atoms with Gasteiger partial charge in [0.2, 0.25) is 5.91 Å². The van der Waals surface area contributed by atoms with Gasteiger partial charge in [-0.25, -0.2) is 0 Å². The molecule has 3 N–H and O–H groups in total. The number of hydrogen-bond donors (Lipinski definition) is 2. The van der Waals surface area contributed by atoms with E-state index in [-0.39, 0.29) is 17.6 Å². The number of ether oxygens (including phenoxy) is 1. The Morgan fingerprint density at radius 1 is 1.45 bits per heavy atom. The van der Waals surface area contributed by atoms with Gasteiger partial charge in [-0.1, -0.05) is 0 Å². The third-order valence-corrected chi connectivity index (χ3v) is 4.50. The van der Waals surface area contributed by atoms with Crippen molar-refractivity contribution in [1.82, 2.24) is 5.32 Å². The summed E-state index contributed by atoms with van der Waals surface area (Å²) in [7, 11) is 0. The van der Waals surface area contributed by atoms with E-state index in [1.54, 1.807) is 11.3 Å². The van der Waals surface area contributed by atoms with Gasteiger partial charge in [0.25, 0.3) is 0 Å². The quantitative estimate of drug-likeness (QED) is 0.854. The van der Waals surface area contributed by atoms with Crippen molar-refractivity contribution in [3.63, 3.8) is 0 Å². The van der Waals surface area contributed by atoms with Crippen molar-refractivity contribution < 1.29 is 9.53 Å². The van der Waals surface area contributed by atoms with Gasteiger partial charge in [0.05, 0.1) is 12.5 Å². The molecule has 1 aromatic heterocycles. The minimum Gasteiger partial charge on any atom is -0.487 e. The van der Waals surface area contributed by atoms with Crippen molar-refractivity contribution in [2.45, 2.75) is 38.3 Å². The van der Waals surface area contributed by atoms with Crippen molar-refractivity contribution >= 4 is 22.9 Å². The largest absolute Gasteiger partial charge is 0.487 e. The van der Waals surface area contributed by atoms with Crippen LogP contribution in [0.25, 0.3) is 0 Å². The molecule has 0 bridgehead atoms. The molecule has 1 aromatic carbocycles. The van der Waals surface area contributed by atoms with Gasteiger partial charge in [0.15, 0.2) is 0 Å². The molecular formula is C17H20N2O2S. The zero-order valence-corrected chi connectivity index (χ0v) is 13.6. The second kappa shape index (κ2) is 5.65. The summed E-state index contributed by atoms with van der Waals surface area (Å²) in [6.07, 6.45) is 1.12. The maximum atomic E-state index is 12.3. The second-order valence-corrected chi connectivity index (χ2v) is 7.07. The number of amides is 1. The summed E-state index contributed by atoms with van der Waals surface area (Å²) in [4.78, 5) is 12.3. The third-order valence-electron chi connectivity index (χ3n) is 3.77. The Balaban J connectivity index is 1.80. The molecule has 1 aliphatic heterocycles. The smallest absolute Gasteiger partial charge is 0.224 e. The van der Waals surface area contributed by atoms with E-state index in [9.17, 15) is 4.79 Å². The van der Waals surface area contributed by atoms with Crippen molar-refractivity contribution in [2.24, 2.45) is 0 Å². The summed E-state index contributed by atoms with van der Waals surface area (Å²) in [6.45, 7) is 4.06. The summed E-state index contributed by atoms with van der Waals surface area (Å²) in [5.74, 6) is 0.820. The minimum atomic E-state index is -0.316. The molecule has 0 spiro atoms. The molecule has 0 aliphatic carbocycles. The van der Waals surface area contributed by atoms with E-state index in [4.69, 9.17) is 10.5 Å². The number of fused-ring (bicyclic) bond motifs is 1. The number of carbonyl (C=O) groups is 1. The van der Waals surface area contributed by atoms with E-state index in [2.05, 4.69) is 5.32 Å². The molecule has 5 heteroatoms. The average molecular weight is 316 g/mol. The second-order valence-electron chi connectivity index (χ2n) is 6.29. The first kappa shape index (κ1) is 14.9. The van der Waals surface area contributed by atoms with Crippen LogP contribution in [0.2, 0.25) is 0 Å². The van der Waals surface area contributed by atoms with Crippen molar-refractivity contribution in [3.05, 3.63) is 46.2 Å². The van der Waals surface area contributed by atoms with Crippen molar-refractivity contribution in [1.29, 1.82) is 0 Å². The van der Waals surface area contributed by atoms with Crippen LogP contribution in [0.1, 0.15) is 37.4 Å². The Kier molecular flexibility index (Phi) is 3.83. The number of nitrogen functional groups attached to an aromatic ring is 1. The molecule has 1 unspecified atom stereocenters. The highest BCUT2D eigenvalue weighted by Gasteiger charge is 2.34. The molecule has 116 valence electrons. The number of hydrogen-bond acceptors (Lipinski definition) is 4. The average Bonchev–Trinajstić information content (AvgIpc) is 2.91. The minimum absolute atomic E-state index is 0.0227. The fourth-order valence-electron chi connectivity index (χ4n) is 2.83. The zero-order chi connectivity index (χ0) is 15.7. The van der Waals surface area contributed by atoms with Crippen LogP contribution >= 0.6 is 11.3 Å². The van der Waals surface area contributed by atoms with Gasteiger partial charge in [-0.15, -0.1) is 0 Å². The van der Waals surface area contributed by atoms with E-state index in [0.29, 0.717) is 12.1 Å². The van der Waals surface area contributed by atoms with Crippen LogP contribution in [-0.2, 0) is 11.2 Å². The summed E-state index contributed by atoms with van der Waals surface area (Å²) in [5.41, 5.74) is 8.25. The topological polar surface area (TPSA) is 64.4 Å². The predicted octanol–water partition coefficient (Wildman–Crippen LogP) is 3.29. The molecule has 0 saturated carbocycles. The van der Waals surface area contributed by atoms with E-state index in [0.717, 1.165) is 23.3 Å². The molecule has 1 amide bonds. The van der Waals surface area contributed by atoms with Gasteiger partial charge in [0, 0.05) is 17.7 Å². The molecule has 0 saturated heterocycles. The zero-order valence-electron chi connectivity index (χ0n) is 12.8. The fraction of sp³-hybridized carbons (Fsp3) is 0.353. The van der Waals surface area contributed by atoms with Crippen LogP contribution in [-0.4, -0.2) is 11.5 Å². The SMILES string of the molecule is CC1(C)CC(NC(=O)Cc2ccsc2)c2cc(N)ccc2O1. The number of anilines is 1. The number of carbonyl (C=O) groups excluding carboxylic acids is 1. The molecule has 0 fully saturated rings. The van der Waals surface area contributed by atoms with Gasteiger partial charge >= 0.3 is 0 Å². The van der Waals surface area contributed by atoms with Crippen molar-refractivity contribution in [3.8, 4) is 5.75 Å². The Labute approximate surface area is 134 Å². The van der Waals surface area contributed by atoms with Crippen LogP contribution in [0.4, 0.5) is 5.69 Å². The Morgan fingerprint density at radius 2 is 2.27 bits per heavy atom. The van der Waals surface area contributed by atoms with Gasteiger partial charge in [-0.3, -0.25) is 4.79 Å². The Morgan fingerprint density at radius 3 is 3.00 bits per heavy atom. The Bertz CT molecular complexity index is 680. The molecule has 0 radical (unpaired) electrons. The fourth-order valence-corrected chi connectivity index (χ4v) is 3.49. The van der Waals surface area contributed by atoms with Crippen LogP contribution in [0.15, 0.2) is 35.0 Å². The molecule has 4 nitrogen and oxygen atoms in total. The number of rotatable bonds is 3. The lowest BCUT2D eigenvalue weighted by atomic mass is 9.89. The molecule has 1 aliphatic rings. The monoisotopic (exact) mass is 316 g/mol. The number of benzene rings is 1. The van der Waals surface area contributed by atoms with Crippen molar-refractivity contribution in [2.75, 3.05) is 5.73 Å². The highest BCUT2D eigenvalue weighted by molar-refractivity contribution is 7.07. The van der Waals surface area contributed by atoms with E-state index in [1.165, 1.54) is 0 Å². The normalized spacial score (nSPS) is 19.1. The first-order chi connectivity index (χ1) is 10.4. The number of nitrogens with two attached hydrogens (primary N) is 1. The highest BCUT2D eigenvalue weighted by atomic mass is 32.1. The lowest BCUT2D eigenvalue weighted by molar-refractivity contribution is -0.121. The first-order valence-corrected chi connectivity index (χ1v) is 8.26. The van der Waals surface area contributed by atoms with Crippen LogP contribution in [0.3, 0.4) is 0 Å². The van der Waals surface area contributed by atoms with Gasteiger partial charge in [0.1, 0.15) is 11.4 Å². The van der Waals surface area contributed by atoms with E-state index < -0.39 is 0 Å². The van der Waals surface area contributed by atoms with Crippen LogP contribution in [0.5, 0.6) is 5.75 Å². The van der Waals surface area contributed by atoms with Gasteiger partial charge in [-0.05, 0) is 54.4 Å². The third kappa shape index (κ3) is 3.25. The lowest BCUT2D eigenvalue weighted by Crippen LogP contribution is -2.41.